The average molecular weight is 186 g/mol. The standard InChI is InChI=1S/C8H14N2O3/c1-5-8(4-12)10(5)9-7(3-11)6(2)13/h3-9,13H,1-2H3/t5-,6+,7+,8+,10?/m0/s1. The van der Waals surface area contributed by atoms with E-state index in [4.69, 9.17) is 5.11 Å². The van der Waals surface area contributed by atoms with Crippen LogP contribution in [0.4, 0.5) is 0 Å². The molecule has 1 unspecified atom stereocenters. The summed E-state index contributed by atoms with van der Waals surface area (Å²) in [6.07, 6.45) is 0.705. The summed E-state index contributed by atoms with van der Waals surface area (Å²) in [5.74, 6) is 0. The molecule has 2 N–H and O–H groups in total. The lowest BCUT2D eigenvalue weighted by atomic mass is 10.2. The number of aliphatic hydroxyl groups excluding tert-OH is 1. The molecule has 1 saturated heterocycles. The van der Waals surface area contributed by atoms with Gasteiger partial charge in [-0.2, -0.15) is 0 Å². The Morgan fingerprint density at radius 2 is 2.15 bits per heavy atom. The maximum Gasteiger partial charge on any atom is 0.140 e. The molecule has 0 aromatic heterocycles. The summed E-state index contributed by atoms with van der Waals surface area (Å²) in [4.78, 5) is 20.9. The Morgan fingerprint density at radius 3 is 2.46 bits per heavy atom. The minimum atomic E-state index is -0.752. The van der Waals surface area contributed by atoms with Gasteiger partial charge in [0.2, 0.25) is 0 Å². The predicted molar refractivity (Wildman–Crippen MR) is 45.8 cm³/mol. The van der Waals surface area contributed by atoms with Gasteiger partial charge in [-0.05, 0) is 13.8 Å². The molecule has 0 amide bonds. The van der Waals surface area contributed by atoms with E-state index >= 15 is 0 Å². The maximum absolute atomic E-state index is 10.5. The fourth-order valence-corrected chi connectivity index (χ4v) is 1.18. The Balaban J connectivity index is 2.40. The second-order valence-corrected chi connectivity index (χ2v) is 3.31. The molecular weight excluding hydrogens is 172 g/mol. The van der Waals surface area contributed by atoms with Crippen LogP contribution in [0.2, 0.25) is 0 Å². The van der Waals surface area contributed by atoms with Crippen LogP contribution in [0, 0.1) is 0 Å². The summed E-state index contributed by atoms with van der Waals surface area (Å²) < 4.78 is 0. The van der Waals surface area contributed by atoms with Gasteiger partial charge in [0, 0.05) is 6.04 Å². The van der Waals surface area contributed by atoms with E-state index in [9.17, 15) is 9.59 Å². The highest BCUT2D eigenvalue weighted by molar-refractivity contribution is 5.64. The van der Waals surface area contributed by atoms with Crippen molar-refractivity contribution in [2.45, 2.75) is 38.1 Å². The zero-order chi connectivity index (χ0) is 10.0. The lowest BCUT2D eigenvalue weighted by Gasteiger charge is -2.15. The Kier molecular flexibility index (Phi) is 3.13. The van der Waals surface area contributed by atoms with Crippen LogP contribution >= 0.6 is 0 Å². The Morgan fingerprint density at radius 1 is 1.54 bits per heavy atom. The van der Waals surface area contributed by atoms with Crippen molar-refractivity contribution in [3.63, 3.8) is 0 Å². The number of nitrogens with one attached hydrogen (secondary N) is 1. The zero-order valence-electron chi connectivity index (χ0n) is 7.68. The van der Waals surface area contributed by atoms with Gasteiger partial charge in [0.25, 0.3) is 0 Å². The fraction of sp³-hybridized carbons (Fsp3) is 0.750. The third kappa shape index (κ3) is 2.12. The summed E-state index contributed by atoms with van der Waals surface area (Å²) in [6, 6.07) is -0.688. The summed E-state index contributed by atoms with van der Waals surface area (Å²) >= 11 is 0. The predicted octanol–water partition coefficient (Wildman–Crippen LogP) is -1.29. The number of rotatable bonds is 5. The van der Waals surface area contributed by atoms with Gasteiger partial charge in [0.15, 0.2) is 0 Å². The van der Waals surface area contributed by atoms with E-state index in [1.807, 2.05) is 6.92 Å². The van der Waals surface area contributed by atoms with E-state index in [2.05, 4.69) is 5.43 Å². The van der Waals surface area contributed by atoms with Gasteiger partial charge in [0.1, 0.15) is 18.6 Å². The fourth-order valence-electron chi connectivity index (χ4n) is 1.18. The summed E-state index contributed by atoms with van der Waals surface area (Å²) in [6.45, 7) is 3.39. The van der Waals surface area contributed by atoms with Gasteiger partial charge in [-0.3, -0.25) is 0 Å². The van der Waals surface area contributed by atoms with Crippen molar-refractivity contribution in [2.24, 2.45) is 0 Å². The van der Waals surface area contributed by atoms with Gasteiger partial charge in [-0.15, -0.1) is 0 Å². The van der Waals surface area contributed by atoms with E-state index < -0.39 is 12.1 Å². The number of hydrogen-bond donors (Lipinski definition) is 2. The van der Waals surface area contributed by atoms with Crippen LogP contribution < -0.4 is 5.43 Å². The van der Waals surface area contributed by atoms with Crippen LogP contribution in [0.15, 0.2) is 0 Å². The largest absolute Gasteiger partial charge is 0.391 e. The van der Waals surface area contributed by atoms with Gasteiger partial charge in [-0.25, -0.2) is 10.4 Å². The molecule has 1 rings (SSSR count). The first kappa shape index (κ1) is 10.3. The van der Waals surface area contributed by atoms with Gasteiger partial charge >= 0.3 is 0 Å². The molecule has 0 bridgehead atoms. The quantitative estimate of drug-likeness (QED) is 0.413. The molecule has 74 valence electrons. The van der Waals surface area contributed by atoms with Crippen LogP contribution in [0.5, 0.6) is 0 Å². The topological polar surface area (TPSA) is 69.4 Å². The van der Waals surface area contributed by atoms with Crippen molar-refractivity contribution >= 4 is 12.6 Å². The SMILES string of the molecule is C[C@@H](O)[C@@H](C=O)NN1[C@H](C=O)[C@@H]1C. The number of carbonyl (C=O) groups is 2. The molecule has 0 aromatic carbocycles. The molecule has 5 heteroatoms. The van der Waals surface area contributed by atoms with Crippen LogP contribution in [-0.2, 0) is 9.59 Å². The first-order valence-electron chi connectivity index (χ1n) is 4.25. The Hall–Kier alpha value is -0.780. The molecule has 1 fully saturated rings. The molecule has 0 aliphatic carbocycles. The first-order chi connectivity index (χ1) is 6.11. The van der Waals surface area contributed by atoms with Gasteiger partial charge < -0.3 is 14.7 Å². The maximum atomic E-state index is 10.5. The highest BCUT2D eigenvalue weighted by atomic mass is 16.3. The van der Waals surface area contributed by atoms with Gasteiger partial charge in [0.05, 0.1) is 12.1 Å². The van der Waals surface area contributed by atoms with Crippen LogP contribution in [0.3, 0.4) is 0 Å². The second-order valence-electron chi connectivity index (χ2n) is 3.31. The van der Waals surface area contributed by atoms with Crippen molar-refractivity contribution in [3.8, 4) is 0 Å². The van der Waals surface area contributed by atoms with Crippen molar-refractivity contribution < 1.29 is 14.7 Å². The minimum absolute atomic E-state index is 0.110. The van der Waals surface area contributed by atoms with E-state index in [-0.39, 0.29) is 12.1 Å². The van der Waals surface area contributed by atoms with E-state index in [1.165, 1.54) is 6.92 Å². The lowest BCUT2D eigenvalue weighted by Crippen LogP contribution is -2.44. The smallest absolute Gasteiger partial charge is 0.140 e. The number of nitrogens with zero attached hydrogens (tertiary/aromatic N) is 1. The van der Waals surface area contributed by atoms with Crippen LogP contribution in [0.25, 0.3) is 0 Å². The second kappa shape index (κ2) is 3.95. The minimum Gasteiger partial charge on any atom is -0.391 e. The van der Waals surface area contributed by atoms with E-state index in [0.717, 1.165) is 6.29 Å². The van der Waals surface area contributed by atoms with E-state index in [1.54, 1.807) is 5.01 Å². The molecule has 1 heterocycles. The Labute approximate surface area is 76.7 Å². The number of hydrogen-bond acceptors (Lipinski definition) is 5. The van der Waals surface area contributed by atoms with Crippen molar-refractivity contribution in [1.29, 1.82) is 0 Å². The van der Waals surface area contributed by atoms with E-state index in [0.29, 0.717) is 6.29 Å². The molecule has 1 aliphatic heterocycles. The number of aliphatic hydroxyl groups is 1. The lowest BCUT2D eigenvalue weighted by molar-refractivity contribution is -0.113. The number of aldehydes is 2. The monoisotopic (exact) mass is 186 g/mol. The molecule has 0 aromatic rings. The summed E-state index contributed by atoms with van der Waals surface area (Å²) in [7, 11) is 0. The molecule has 5 nitrogen and oxygen atoms in total. The Bertz CT molecular complexity index is 208. The third-order valence-electron chi connectivity index (χ3n) is 2.27. The van der Waals surface area contributed by atoms with Crippen LogP contribution in [0.1, 0.15) is 13.8 Å². The van der Waals surface area contributed by atoms with Crippen molar-refractivity contribution in [2.75, 3.05) is 0 Å². The number of hydrazine groups is 1. The highest BCUT2D eigenvalue weighted by Gasteiger charge is 2.45. The normalized spacial score (nSPS) is 36.4. The molecule has 1 aliphatic rings. The molecule has 0 radical (unpaired) electrons. The summed E-state index contributed by atoms with van der Waals surface area (Å²) in [5, 5.41) is 10.8. The molecule has 13 heavy (non-hydrogen) atoms. The molecule has 0 spiro atoms. The van der Waals surface area contributed by atoms with Crippen molar-refractivity contribution in [3.05, 3.63) is 0 Å². The van der Waals surface area contributed by atoms with Gasteiger partial charge in [-0.1, -0.05) is 0 Å². The number of carbonyl (C=O) groups excluding carboxylic acids is 2. The molecule has 5 atom stereocenters. The van der Waals surface area contributed by atoms with Crippen molar-refractivity contribution in [1.82, 2.24) is 10.4 Å². The zero-order valence-corrected chi connectivity index (χ0v) is 7.68. The molecule has 0 saturated carbocycles. The first-order valence-corrected chi connectivity index (χ1v) is 4.25. The highest BCUT2D eigenvalue weighted by Crippen LogP contribution is 2.22. The third-order valence-corrected chi connectivity index (χ3v) is 2.27. The van der Waals surface area contributed by atoms with Crippen LogP contribution in [-0.4, -0.2) is 46.9 Å². The molecular formula is C8H14N2O3. The summed E-state index contributed by atoms with van der Waals surface area (Å²) in [5.41, 5.74) is 2.77. The average Bonchev–Trinajstić information content (AvgIpc) is 2.71.